The Morgan fingerprint density at radius 3 is 2.83 bits per heavy atom. The lowest BCUT2D eigenvalue weighted by molar-refractivity contribution is 0.102. The first kappa shape index (κ1) is 11.3. The predicted molar refractivity (Wildman–Crippen MR) is 67.9 cm³/mol. The van der Waals surface area contributed by atoms with Crippen LogP contribution >= 0.6 is 11.6 Å². The summed E-state index contributed by atoms with van der Waals surface area (Å²) in [5.74, 6) is 0.264. The van der Waals surface area contributed by atoms with Gasteiger partial charge in [0.05, 0.1) is 5.69 Å². The van der Waals surface area contributed by atoms with Crippen LogP contribution in [0.1, 0.15) is 28.0 Å². The molecule has 18 heavy (non-hydrogen) atoms. The molecular weight excluding hydrogens is 252 g/mol. The van der Waals surface area contributed by atoms with E-state index in [0.29, 0.717) is 16.5 Å². The third-order valence-corrected chi connectivity index (χ3v) is 3.30. The van der Waals surface area contributed by atoms with E-state index >= 15 is 0 Å². The first-order valence-electron chi connectivity index (χ1n) is 5.78. The van der Waals surface area contributed by atoms with Gasteiger partial charge in [-0.15, -0.1) is 0 Å². The predicted octanol–water partition coefficient (Wildman–Crippen LogP) is 3.07. The van der Waals surface area contributed by atoms with Gasteiger partial charge in [0.15, 0.2) is 0 Å². The number of aryl methyl sites for hydroxylation is 1. The summed E-state index contributed by atoms with van der Waals surface area (Å²) in [6, 6.07) is 6.71. The van der Waals surface area contributed by atoms with Gasteiger partial charge >= 0.3 is 0 Å². The van der Waals surface area contributed by atoms with Crippen molar-refractivity contribution >= 4 is 23.4 Å². The van der Waals surface area contributed by atoms with Crippen LogP contribution in [0.2, 0.25) is 5.02 Å². The molecule has 1 amide bonds. The van der Waals surface area contributed by atoms with Crippen LogP contribution in [-0.4, -0.2) is 11.1 Å². The summed E-state index contributed by atoms with van der Waals surface area (Å²) in [6.45, 7) is 0. The molecule has 0 bridgehead atoms. The molecule has 1 aromatic carbocycles. The molecule has 1 N–H and O–H groups in total. The Labute approximate surface area is 109 Å². The summed E-state index contributed by atoms with van der Waals surface area (Å²) in [4.78, 5) is 12.0. The summed E-state index contributed by atoms with van der Waals surface area (Å²) in [5, 5.41) is 7.30. The van der Waals surface area contributed by atoms with Crippen LogP contribution in [-0.2, 0) is 12.8 Å². The van der Waals surface area contributed by atoms with Crippen molar-refractivity contribution in [1.29, 1.82) is 0 Å². The quantitative estimate of drug-likeness (QED) is 0.905. The second-order valence-corrected chi connectivity index (χ2v) is 4.69. The fraction of sp³-hybridized carbons (Fsp3) is 0.231. The maximum atomic E-state index is 12.0. The fourth-order valence-electron chi connectivity index (χ4n) is 2.10. The van der Waals surface area contributed by atoms with Gasteiger partial charge in [0.25, 0.3) is 5.91 Å². The third-order valence-electron chi connectivity index (χ3n) is 3.04. The molecule has 0 spiro atoms. The monoisotopic (exact) mass is 262 g/mol. The summed E-state index contributed by atoms with van der Waals surface area (Å²) >= 11 is 5.78. The SMILES string of the molecule is O=C(Nc1onc2c1CCC2)c1ccc(Cl)cc1. The molecule has 92 valence electrons. The number of benzene rings is 1. The Hall–Kier alpha value is -1.81. The Balaban J connectivity index is 1.80. The van der Waals surface area contributed by atoms with Crippen molar-refractivity contribution in [2.45, 2.75) is 19.3 Å². The van der Waals surface area contributed by atoms with E-state index in [2.05, 4.69) is 10.5 Å². The Kier molecular flexibility index (Phi) is 2.80. The lowest BCUT2D eigenvalue weighted by Crippen LogP contribution is -2.12. The van der Waals surface area contributed by atoms with E-state index in [-0.39, 0.29) is 5.91 Å². The van der Waals surface area contributed by atoms with Gasteiger partial charge in [0.1, 0.15) is 0 Å². The minimum atomic E-state index is -0.211. The smallest absolute Gasteiger partial charge is 0.258 e. The van der Waals surface area contributed by atoms with Crippen molar-refractivity contribution < 1.29 is 9.32 Å². The van der Waals surface area contributed by atoms with Gasteiger partial charge in [0, 0.05) is 16.1 Å². The molecule has 0 saturated carbocycles. The highest BCUT2D eigenvalue weighted by Gasteiger charge is 2.22. The molecule has 1 aliphatic carbocycles. The third kappa shape index (κ3) is 1.99. The van der Waals surface area contributed by atoms with E-state index in [9.17, 15) is 4.79 Å². The van der Waals surface area contributed by atoms with Crippen molar-refractivity contribution in [3.63, 3.8) is 0 Å². The van der Waals surface area contributed by atoms with Gasteiger partial charge < -0.3 is 4.52 Å². The zero-order valence-corrected chi connectivity index (χ0v) is 10.3. The van der Waals surface area contributed by atoms with Crippen LogP contribution in [0.25, 0.3) is 0 Å². The van der Waals surface area contributed by atoms with Gasteiger partial charge in [0.2, 0.25) is 5.88 Å². The molecule has 1 heterocycles. The second kappa shape index (κ2) is 4.46. The van der Waals surface area contributed by atoms with E-state index in [0.717, 1.165) is 30.5 Å². The normalized spacial score (nSPS) is 13.4. The fourth-order valence-corrected chi connectivity index (χ4v) is 2.23. The molecule has 0 atom stereocenters. The van der Waals surface area contributed by atoms with Crippen LogP contribution in [0.15, 0.2) is 28.8 Å². The minimum absolute atomic E-state index is 0.211. The number of nitrogens with zero attached hydrogens (tertiary/aromatic N) is 1. The number of hydrogen-bond donors (Lipinski definition) is 1. The van der Waals surface area contributed by atoms with E-state index in [1.54, 1.807) is 24.3 Å². The van der Waals surface area contributed by atoms with E-state index < -0.39 is 0 Å². The lowest BCUT2D eigenvalue weighted by Gasteiger charge is -2.02. The van der Waals surface area contributed by atoms with Gasteiger partial charge in [-0.1, -0.05) is 16.8 Å². The first-order chi connectivity index (χ1) is 8.74. The zero-order chi connectivity index (χ0) is 12.5. The molecular formula is C13H11ClN2O2. The highest BCUT2D eigenvalue weighted by Crippen LogP contribution is 2.28. The molecule has 0 saturated heterocycles. The molecule has 5 heteroatoms. The van der Waals surface area contributed by atoms with Gasteiger partial charge in [-0.3, -0.25) is 10.1 Å². The molecule has 1 aliphatic rings. The number of hydrogen-bond acceptors (Lipinski definition) is 3. The van der Waals surface area contributed by atoms with Crippen molar-refractivity contribution in [1.82, 2.24) is 5.16 Å². The number of rotatable bonds is 2. The number of amides is 1. The van der Waals surface area contributed by atoms with Gasteiger partial charge in [-0.2, -0.15) is 0 Å². The number of carbonyl (C=O) groups excluding carboxylic acids is 1. The molecule has 3 rings (SSSR count). The van der Waals surface area contributed by atoms with Crippen LogP contribution in [0.4, 0.5) is 5.88 Å². The highest BCUT2D eigenvalue weighted by molar-refractivity contribution is 6.30. The van der Waals surface area contributed by atoms with Crippen molar-refractivity contribution in [3.8, 4) is 0 Å². The van der Waals surface area contributed by atoms with E-state index in [4.69, 9.17) is 16.1 Å². The maximum Gasteiger partial charge on any atom is 0.258 e. The van der Waals surface area contributed by atoms with Crippen molar-refractivity contribution in [2.24, 2.45) is 0 Å². The minimum Gasteiger partial charge on any atom is -0.338 e. The molecule has 1 aromatic heterocycles. The van der Waals surface area contributed by atoms with Crippen LogP contribution in [0.3, 0.4) is 0 Å². The van der Waals surface area contributed by atoms with Crippen LogP contribution in [0.5, 0.6) is 0 Å². The van der Waals surface area contributed by atoms with Gasteiger partial charge in [-0.05, 0) is 43.5 Å². The number of nitrogens with one attached hydrogen (secondary N) is 1. The topological polar surface area (TPSA) is 55.1 Å². The lowest BCUT2D eigenvalue weighted by atomic mass is 10.2. The summed E-state index contributed by atoms with van der Waals surface area (Å²) in [7, 11) is 0. The van der Waals surface area contributed by atoms with Crippen LogP contribution in [0, 0.1) is 0 Å². The van der Waals surface area contributed by atoms with Crippen molar-refractivity contribution in [3.05, 3.63) is 46.1 Å². The average molecular weight is 263 g/mol. The highest BCUT2D eigenvalue weighted by atomic mass is 35.5. The van der Waals surface area contributed by atoms with Gasteiger partial charge in [-0.25, -0.2) is 0 Å². The zero-order valence-electron chi connectivity index (χ0n) is 9.57. The number of aromatic nitrogens is 1. The molecule has 0 radical (unpaired) electrons. The molecule has 0 unspecified atom stereocenters. The standard InChI is InChI=1S/C13H11ClN2O2/c14-9-6-4-8(5-7-9)12(17)15-13-10-2-1-3-11(10)16-18-13/h4-7H,1-3H2,(H,15,17). The number of fused-ring (bicyclic) bond motifs is 1. The molecule has 0 aliphatic heterocycles. The number of carbonyl (C=O) groups is 1. The summed E-state index contributed by atoms with van der Waals surface area (Å²) in [5.41, 5.74) is 2.53. The Morgan fingerprint density at radius 2 is 2.06 bits per heavy atom. The van der Waals surface area contributed by atoms with E-state index in [1.807, 2.05) is 0 Å². The average Bonchev–Trinajstić information content (AvgIpc) is 2.95. The maximum absolute atomic E-state index is 12.0. The Bertz CT molecular complexity index is 590. The molecule has 4 nitrogen and oxygen atoms in total. The summed E-state index contributed by atoms with van der Waals surface area (Å²) < 4.78 is 5.15. The molecule has 2 aromatic rings. The van der Waals surface area contributed by atoms with Crippen molar-refractivity contribution in [2.75, 3.05) is 5.32 Å². The second-order valence-electron chi connectivity index (χ2n) is 4.25. The van der Waals surface area contributed by atoms with Crippen LogP contribution < -0.4 is 5.32 Å². The number of halogens is 1. The first-order valence-corrected chi connectivity index (χ1v) is 6.16. The number of anilines is 1. The summed E-state index contributed by atoms with van der Waals surface area (Å²) in [6.07, 6.45) is 2.91. The molecule has 0 fully saturated rings. The largest absolute Gasteiger partial charge is 0.338 e. The van der Waals surface area contributed by atoms with E-state index in [1.165, 1.54) is 0 Å². The Morgan fingerprint density at radius 1 is 1.28 bits per heavy atom.